The van der Waals surface area contributed by atoms with E-state index in [9.17, 15) is 4.79 Å². The predicted molar refractivity (Wildman–Crippen MR) is 69.1 cm³/mol. The van der Waals surface area contributed by atoms with Crippen LogP contribution in [0.5, 0.6) is 0 Å². The predicted octanol–water partition coefficient (Wildman–Crippen LogP) is 1.19. The van der Waals surface area contributed by atoms with Crippen LogP contribution in [-0.4, -0.2) is 37.0 Å². The molecule has 1 aliphatic carbocycles. The van der Waals surface area contributed by atoms with Gasteiger partial charge in [0.25, 0.3) is 0 Å². The molecular weight excluding hydrogens is 264 g/mol. The summed E-state index contributed by atoms with van der Waals surface area (Å²) in [6, 6.07) is 8.33. The smallest absolute Gasteiger partial charge is 0.313 e. The monoisotopic (exact) mass is 276 g/mol. The van der Waals surface area contributed by atoms with Crippen LogP contribution in [-0.2, 0) is 17.8 Å². The second-order valence-electron chi connectivity index (χ2n) is 4.43. The third-order valence-electron chi connectivity index (χ3n) is 3.18. The molecule has 0 fully saturated rings. The highest BCUT2D eigenvalue weighted by molar-refractivity contribution is 7.99. The molecule has 1 atom stereocenters. The van der Waals surface area contributed by atoms with E-state index in [2.05, 4.69) is 27.7 Å². The maximum atomic E-state index is 10.6. The number of aliphatic carboxylic acids is 1. The van der Waals surface area contributed by atoms with Gasteiger partial charge in [-0.1, -0.05) is 36.0 Å². The maximum Gasteiger partial charge on any atom is 0.313 e. The molecule has 0 amide bonds. The lowest BCUT2D eigenvalue weighted by atomic mass is 9.78. The van der Waals surface area contributed by atoms with Crippen LogP contribution in [0.2, 0.25) is 0 Å². The molecule has 6 nitrogen and oxygen atoms in total. The summed E-state index contributed by atoms with van der Waals surface area (Å²) >= 11 is 1.15. The first kappa shape index (κ1) is 12.2. The van der Waals surface area contributed by atoms with E-state index in [1.54, 1.807) is 4.68 Å². The quantitative estimate of drug-likeness (QED) is 0.826. The van der Waals surface area contributed by atoms with Crippen LogP contribution in [0.4, 0.5) is 0 Å². The van der Waals surface area contributed by atoms with Crippen LogP contribution >= 0.6 is 11.8 Å². The largest absolute Gasteiger partial charge is 0.481 e. The molecule has 2 aromatic rings. The number of hydrogen-bond acceptors (Lipinski definition) is 5. The molecule has 0 saturated heterocycles. The number of rotatable bonds is 5. The van der Waals surface area contributed by atoms with Gasteiger partial charge in [0.05, 0.1) is 12.3 Å². The minimum Gasteiger partial charge on any atom is -0.481 e. The zero-order chi connectivity index (χ0) is 13.2. The molecule has 0 radical (unpaired) electrons. The molecule has 0 saturated carbocycles. The third-order valence-corrected chi connectivity index (χ3v) is 4.12. The van der Waals surface area contributed by atoms with Gasteiger partial charge in [-0.05, 0) is 28.0 Å². The van der Waals surface area contributed by atoms with E-state index in [0.717, 1.165) is 18.2 Å². The Bertz CT molecular complexity index is 613. The van der Waals surface area contributed by atoms with E-state index >= 15 is 0 Å². The highest BCUT2D eigenvalue weighted by Gasteiger charge is 2.27. The molecule has 7 heteroatoms. The van der Waals surface area contributed by atoms with E-state index in [0.29, 0.717) is 17.6 Å². The summed E-state index contributed by atoms with van der Waals surface area (Å²) in [6.07, 6.45) is 1.03. The zero-order valence-corrected chi connectivity index (χ0v) is 10.9. The van der Waals surface area contributed by atoms with Crippen molar-refractivity contribution in [2.75, 3.05) is 5.75 Å². The summed E-state index contributed by atoms with van der Waals surface area (Å²) in [7, 11) is 0. The van der Waals surface area contributed by atoms with Crippen LogP contribution < -0.4 is 0 Å². The summed E-state index contributed by atoms with van der Waals surface area (Å²) in [5.74, 6) is -0.473. The van der Waals surface area contributed by atoms with E-state index < -0.39 is 5.97 Å². The van der Waals surface area contributed by atoms with Gasteiger partial charge in [0, 0.05) is 5.92 Å². The van der Waals surface area contributed by atoms with Gasteiger partial charge in [0.2, 0.25) is 5.16 Å². The highest BCUT2D eigenvalue weighted by atomic mass is 32.2. The van der Waals surface area contributed by atoms with Crippen molar-refractivity contribution in [3.05, 3.63) is 35.4 Å². The standard InChI is InChI=1S/C12H12N4O2S/c17-11(18)7-19-12-13-14-15-16(12)6-9-5-8-3-1-2-4-10(8)9/h1-4,9H,5-7H2,(H,17,18). The number of carboxylic acid groups (broad SMARTS) is 1. The Morgan fingerprint density at radius 3 is 3.11 bits per heavy atom. The van der Waals surface area contributed by atoms with E-state index in [1.807, 2.05) is 12.1 Å². The molecule has 0 bridgehead atoms. The maximum absolute atomic E-state index is 10.6. The Morgan fingerprint density at radius 1 is 1.47 bits per heavy atom. The first-order valence-electron chi connectivity index (χ1n) is 5.92. The van der Waals surface area contributed by atoms with Gasteiger partial charge in [-0.3, -0.25) is 4.79 Å². The first-order chi connectivity index (χ1) is 9.24. The number of carbonyl (C=O) groups is 1. The number of benzene rings is 1. The van der Waals surface area contributed by atoms with Gasteiger partial charge in [-0.2, -0.15) is 0 Å². The van der Waals surface area contributed by atoms with Crippen LogP contribution in [0.3, 0.4) is 0 Å². The molecule has 1 N–H and O–H groups in total. The average molecular weight is 276 g/mol. The molecule has 98 valence electrons. The Hall–Kier alpha value is -1.89. The topological polar surface area (TPSA) is 80.9 Å². The Kier molecular flexibility index (Phi) is 3.20. The molecule has 1 aromatic carbocycles. The Balaban J connectivity index is 1.69. The normalized spacial score (nSPS) is 16.7. The summed E-state index contributed by atoms with van der Waals surface area (Å²) in [6.45, 7) is 0.700. The fourth-order valence-corrected chi connectivity index (χ4v) is 2.88. The average Bonchev–Trinajstić information content (AvgIpc) is 2.81. The lowest BCUT2D eigenvalue weighted by Crippen LogP contribution is -2.23. The molecular formula is C12H12N4O2S. The van der Waals surface area contributed by atoms with Crippen molar-refractivity contribution in [3.63, 3.8) is 0 Å². The second-order valence-corrected chi connectivity index (χ2v) is 5.37. The number of hydrogen-bond donors (Lipinski definition) is 1. The first-order valence-corrected chi connectivity index (χ1v) is 6.91. The van der Waals surface area contributed by atoms with Crippen LogP contribution in [0.15, 0.2) is 29.4 Å². The van der Waals surface area contributed by atoms with Gasteiger partial charge < -0.3 is 5.11 Å². The molecule has 0 aliphatic heterocycles. The molecule has 0 spiro atoms. The van der Waals surface area contributed by atoms with Gasteiger partial charge >= 0.3 is 5.97 Å². The molecule has 3 rings (SSSR count). The fourth-order valence-electron chi connectivity index (χ4n) is 2.28. The summed E-state index contributed by atoms with van der Waals surface area (Å²) in [4.78, 5) is 10.6. The lowest BCUT2D eigenvalue weighted by molar-refractivity contribution is -0.133. The van der Waals surface area contributed by atoms with Crippen LogP contribution in [0, 0.1) is 0 Å². The van der Waals surface area contributed by atoms with Crippen molar-refractivity contribution in [1.82, 2.24) is 20.2 Å². The summed E-state index contributed by atoms with van der Waals surface area (Å²) in [5, 5.41) is 20.6. The number of thioether (sulfide) groups is 1. The zero-order valence-electron chi connectivity index (χ0n) is 10.1. The van der Waals surface area contributed by atoms with Crippen molar-refractivity contribution in [2.24, 2.45) is 0 Å². The van der Waals surface area contributed by atoms with Crippen molar-refractivity contribution in [3.8, 4) is 0 Å². The number of fused-ring (bicyclic) bond motifs is 1. The van der Waals surface area contributed by atoms with Crippen molar-refractivity contribution < 1.29 is 9.90 Å². The van der Waals surface area contributed by atoms with Gasteiger partial charge in [-0.15, -0.1) is 5.10 Å². The molecule has 1 heterocycles. The molecule has 1 aromatic heterocycles. The van der Waals surface area contributed by atoms with Gasteiger partial charge in [-0.25, -0.2) is 4.68 Å². The molecule has 1 aliphatic rings. The SMILES string of the molecule is O=C(O)CSc1nnnn1CC1Cc2ccccc21. The minimum absolute atomic E-state index is 0.0262. The Morgan fingerprint density at radius 2 is 2.32 bits per heavy atom. The van der Waals surface area contributed by atoms with Crippen molar-refractivity contribution in [1.29, 1.82) is 0 Å². The molecule has 19 heavy (non-hydrogen) atoms. The van der Waals surface area contributed by atoms with E-state index in [4.69, 9.17) is 5.11 Å². The van der Waals surface area contributed by atoms with Gasteiger partial charge in [0.15, 0.2) is 0 Å². The van der Waals surface area contributed by atoms with Gasteiger partial charge in [0.1, 0.15) is 0 Å². The van der Waals surface area contributed by atoms with Crippen LogP contribution in [0.1, 0.15) is 17.0 Å². The van der Waals surface area contributed by atoms with Crippen molar-refractivity contribution in [2.45, 2.75) is 24.0 Å². The number of tetrazole rings is 1. The Labute approximate surface area is 113 Å². The summed E-state index contributed by atoms with van der Waals surface area (Å²) < 4.78 is 1.69. The minimum atomic E-state index is -0.867. The second kappa shape index (κ2) is 5.00. The van der Waals surface area contributed by atoms with Crippen LogP contribution in [0.25, 0.3) is 0 Å². The third kappa shape index (κ3) is 2.46. The number of nitrogens with zero attached hydrogens (tertiary/aromatic N) is 4. The molecule has 1 unspecified atom stereocenters. The number of carboxylic acids is 1. The van der Waals surface area contributed by atoms with Crippen molar-refractivity contribution >= 4 is 17.7 Å². The van der Waals surface area contributed by atoms with E-state index in [-0.39, 0.29) is 5.75 Å². The van der Waals surface area contributed by atoms with E-state index in [1.165, 1.54) is 11.1 Å². The lowest BCUT2D eigenvalue weighted by Gasteiger charge is -2.29. The fraction of sp³-hybridized carbons (Fsp3) is 0.333. The summed E-state index contributed by atoms with van der Waals surface area (Å²) in [5.41, 5.74) is 2.72. The number of aromatic nitrogens is 4. The highest BCUT2D eigenvalue weighted by Crippen LogP contribution is 2.36.